The zero-order valence-corrected chi connectivity index (χ0v) is 7.72. The first kappa shape index (κ1) is 7.99. The molecule has 1 atom stereocenters. The van der Waals surface area contributed by atoms with Crippen LogP contribution < -0.4 is 0 Å². The maximum atomic E-state index is 5.58. The van der Waals surface area contributed by atoms with Gasteiger partial charge in [0.15, 0.2) is 0 Å². The van der Waals surface area contributed by atoms with Gasteiger partial charge in [-0.3, -0.25) is 0 Å². The molecule has 0 rings (SSSR count). The summed E-state index contributed by atoms with van der Waals surface area (Å²) >= 11 is 11.9. The van der Waals surface area contributed by atoms with Crippen LogP contribution in [-0.4, -0.2) is 5.38 Å². The molecule has 0 aliphatic rings. The van der Waals surface area contributed by atoms with Crippen LogP contribution in [0.4, 0.5) is 0 Å². The van der Waals surface area contributed by atoms with Gasteiger partial charge in [0.05, 0.1) is 5.38 Å². The van der Waals surface area contributed by atoms with Gasteiger partial charge in [0, 0.05) is 4.48 Å². The van der Waals surface area contributed by atoms with Gasteiger partial charge in [-0.05, 0) is 11.9 Å². The van der Waals surface area contributed by atoms with Gasteiger partial charge >= 0.3 is 0 Å². The van der Waals surface area contributed by atoms with Crippen LogP contribution in [0.2, 0.25) is 0 Å². The second kappa shape index (κ2) is 3.93. The SMILES string of the molecule is CC(Cl)C(Br)=CBr. The second-order valence-corrected chi connectivity index (χ2v) is 3.14. The van der Waals surface area contributed by atoms with Gasteiger partial charge in [0.25, 0.3) is 0 Å². The van der Waals surface area contributed by atoms with E-state index in [9.17, 15) is 0 Å². The number of hydrogen-bond donors (Lipinski definition) is 0. The molecule has 0 saturated heterocycles. The number of allylic oxidation sites excluding steroid dienone is 1. The van der Waals surface area contributed by atoms with E-state index in [1.165, 1.54) is 0 Å². The number of rotatable bonds is 1. The quantitative estimate of drug-likeness (QED) is 0.625. The third kappa shape index (κ3) is 3.56. The zero-order chi connectivity index (χ0) is 5.86. The van der Waals surface area contributed by atoms with Crippen molar-refractivity contribution in [3.05, 3.63) is 9.47 Å². The average Bonchev–Trinajstić information content (AvgIpc) is 1.65. The van der Waals surface area contributed by atoms with Crippen LogP contribution in [0.1, 0.15) is 6.92 Å². The molecule has 0 aromatic carbocycles. The first-order valence-corrected chi connectivity index (χ1v) is 3.93. The molecule has 0 N–H and O–H groups in total. The van der Waals surface area contributed by atoms with Crippen LogP contribution in [-0.2, 0) is 0 Å². The Balaban J connectivity index is 3.56. The van der Waals surface area contributed by atoms with Gasteiger partial charge in [-0.25, -0.2) is 0 Å². The van der Waals surface area contributed by atoms with Crippen molar-refractivity contribution in [3.8, 4) is 0 Å². The van der Waals surface area contributed by atoms with Crippen molar-refractivity contribution in [1.29, 1.82) is 0 Å². The van der Waals surface area contributed by atoms with E-state index in [-0.39, 0.29) is 5.38 Å². The normalized spacial score (nSPS) is 16.9. The largest absolute Gasteiger partial charge is 0.118 e. The summed E-state index contributed by atoms with van der Waals surface area (Å²) in [7, 11) is 0. The lowest BCUT2D eigenvalue weighted by Gasteiger charge is -1.94. The molecule has 0 nitrogen and oxygen atoms in total. The molecule has 0 aliphatic carbocycles. The fourth-order valence-corrected chi connectivity index (χ4v) is 0.698. The second-order valence-electron chi connectivity index (χ2n) is 1.11. The molecular formula is C4H5Br2Cl. The van der Waals surface area contributed by atoms with Crippen LogP contribution >= 0.6 is 43.5 Å². The van der Waals surface area contributed by atoms with E-state index in [2.05, 4.69) is 31.9 Å². The standard InChI is InChI=1S/C4H5Br2Cl/c1-3(7)4(6)2-5/h2-3H,1H3. The van der Waals surface area contributed by atoms with Gasteiger partial charge in [-0.1, -0.05) is 31.9 Å². The Bertz CT molecular complexity index is 77.8. The first-order valence-electron chi connectivity index (χ1n) is 1.78. The monoisotopic (exact) mass is 246 g/mol. The fraction of sp³-hybridized carbons (Fsp3) is 0.500. The van der Waals surface area contributed by atoms with Crippen LogP contribution in [0.25, 0.3) is 0 Å². The molecule has 3 heteroatoms. The molecule has 0 amide bonds. The lowest BCUT2D eigenvalue weighted by Crippen LogP contribution is -1.85. The van der Waals surface area contributed by atoms with Crippen molar-refractivity contribution in [2.24, 2.45) is 0 Å². The molecule has 0 fully saturated rings. The van der Waals surface area contributed by atoms with Gasteiger partial charge in [-0.15, -0.1) is 11.6 Å². The maximum Gasteiger partial charge on any atom is 0.0627 e. The molecule has 0 saturated carbocycles. The number of halogens is 3. The highest BCUT2D eigenvalue weighted by atomic mass is 79.9. The Morgan fingerprint density at radius 3 is 2.29 bits per heavy atom. The lowest BCUT2D eigenvalue weighted by molar-refractivity contribution is 1.22. The Labute approximate surface area is 65.2 Å². The van der Waals surface area contributed by atoms with Gasteiger partial charge in [-0.2, -0.15) is 0 Å². The third-order valence-corrected chi connectivity index (χ3v) is 3.01. The predicted molar refractivity (Wildman–Crippen MR) is 41.3 cm³/mol. The number of hydrogen-bond acceptors (Lipinski definition) is 0. The highest BCUT2D eigenvalue weighted by Crippen LogP contribution is 2.16. The van der Waals surface area contributed by atoms with Crippen LogP contribution in [0.5, 0.6) is 0 Å². The minimum atomic E-state index is 0.0689. The molecule has 0 aromatic rings. The Hall–Kier alpha value is 0.990. The molecule has 42 valence electrons. The molecule has 7 heavy (non-hydrogen) atoms. The average molecular weight is 248 g/mol. The van der Waals surface area contributed by atoms with E-state index in [1.54, 1.807) is 4.99 Å². The minimum Gasteiger partial charge on any atom is -0.118 e. The summed E-state index contributed by atoms with van der Waals surface area (Å²) in [6.45, 7) is 1.89. The summed E-state index contributed by atoms with van der Waals surface area (Å²) < 4.78 is 0.967. The Morgan fingerprint density at radius 2 is 2.29 bits per heavy atom. The summed E-state index contributed by atoms with van der Waals surface area (Å²) in [5, 5.41) is 0.0689. The summed E-state index contributed by atoms with van der Waals surface area (Å²) in [5.74, 6) is 0. The summed E-state index contributed by atoms with van der Waals surface area (Å²) in [6.07, 6.45) is 0. The van der Waals surface area contributed by atoms with Crippen LogP contribution in [0.15, 0.2) is 9.47 Å². The van der Waals surface area contributed by atoms with Crippen molar-refractivity contribution in [2.45, 2.75) is 12.3 Å². The molecule has 0 radical (unpaired) electrons. The molecule has 0 bridgehead atoms. The topological polar surface area (TPSA) is 0 Å². The zero-order valence-electron chi connectivity index (χ0n) is 3.79. The summed E-state index contributed by atoms with van der Waals surface area (Å²) in [6, 6.07) is 0. The fourth-order valence-electron chi connectivity index (χ4n) is 0.0868. The molecular weight excluding hydrogens is 243 g/mol. The molecule has 1 unspecified atom stereocenters. The van der Waals surface area contributed by atoms with E-state index < -0.39 is 0 Å². The van der Waals surface area contributed by atoms with E-state index in [0.717, 1.165) is 4.48 Å². The van der Waals surface area contributed by atoms with Crippen LogP contribution in [0, 0.1) is 0 Å². The van der Waals surface area contributed by atoms with Crippen molar-refractivity contribution < 1.29 is 0 Å². The maximum absolute atomic E-state index is 5.58. The van der Waals surface area contributed by atoms with Crippen molar-refractivity contribution in [3.63, 3.8) is 0 Å². The highest BCUT2D eigenvalue weighted by Gasteiger charge is 1.96. The number of alkyl halides is 1. The molecule has 0 heterocycles. The van der Waals surface area contributed by atoms with Crippen LogP contribution in [0.3, 0.4) is 0 Å². The molecule has 0 aliphatic heterocycles. The smallest absolute Gasteiger partial charge is 0.0627 e. The molecule has 0 spiro atoms. The van der Waals surface area contributed by atoms with E-state index in [0.29, 0.717) is 0 Å². The Morgan fingerprint density at radius 1 is 1.86 bits per heavy atom. The summed E-state index contributed by atoms with van der Waals surface area (Å²) in [4.78, 5) is 1.75. The highest BCUT2D eigenvalue weighted by molar-refractivity contribution is 9.14. The van der Waals surface area contributed by atoms with E-state index in [4.69, 9.17) is 11.6 Å². The van der Waals surface area contributed by atoms with Crippen molar-refractivity contribution in [1.82, 2.24) is 0 Å². The van der Waals surface area contributed by atoms with E-state index >= 15 is 0 Å². The Kier molecular flexibility index (Phi) is 4.48. The summed E-state index contributed by atoms with van der Waals surface area (Å²) in [5.41, 5.74) is 0. The lowest BCUT2D eigenvalue weighted by atomic mass is 10.5. The van der Waals surface area contributed by atoms with Gasteiger partial charge < -0.3 is 0 Å². The van der Waals surface area contributed by atoms with Crippen molar-refractivity contribution >= 4 is 43.5 Å². The molecule has 0 aromatic heterocycles. The predicted octanol–water partition coefficient (Wildman–Crippen LogP) is 3.24. The van der Waals surface area contributed by atoms with E-state index in [1.807, 2.05) is 6.92 Å². The third-order valence-electron chi connectivity index (χ3n) is 0.484. The minimum absolute atomic E-state index is 0.0689. The first-order chi connectivity index (χ1) is 3.18. The van der Waals surface area contributed by atoms with Crippen molar-refractivity contribution in [2.75, 3.05) is 0 Å². The van der Waals surface area contributed by atoms with Gasteiger partial charge in [0.2, 0.25) is 0 Å². The van der Waals surface area contributed by atoms with Gasteiger partial charge in [0.1, 0.15) is 0 Å².